The number of hydrogen-bond donors (Lipinski definition) is 1. The smallest absolute Gasteiger partial charge is 0.311 e. The largest absolute Gasteiger partial charge is 0.391 e. The van der Waals surface area contributed by atoms with Crippen LogP contribution in [-0.2, 0) is 6.42 Å². The molecule has 1 nitrogen and oxygen atoms in total. The van der Waals surface area contributed by atoms with Gasteiger partial charge in [-0.1, -0.05) is 6.42 Å². The van der Waals surface area contributed by atoms with Crippen molar-refractivity contribution in [1.29, 1.82) is 0 Å². The molecule has 0 radical (unpaired) electrons. The summed E-state index contributed by atoms with van der Waals surface area (Å²) in [6.45, 7) is 4.13. The highest BCUT2D eigenvalue weighted by Gasteiger charge is 2.42. The molecule has 1 aliphatic rings. The molecule has 5 heteroatoms. The number of halogens is 3. The van der Waals surface area contributed by atoms with Gasteiger partial charge in [0.25, 0.3) is 0 Å². The Morgan fingerprint density at radius 2 is 2.10 bits per heavy atom. The lowest BCUT2D eigenvalue weighted by atomic mass is 9.85. The Morgan fingerprint density at radius 3 is 2.70 bits per heavy atom. The Bertz CT molecular complexity index is 427. The second-order valence-electron chi connectivity index (χ2n) is 5.89. The first kappa shape index (κ1) is 15.8. The van der Waals surface area contributed by atoms with Crippen molar-refractivity contribution < 1.29 is 13.2 Å². The van der Waals surface area contributed by atoms with Crippen molar-refractivity contribution in [2.75, 3.05) is 0 Å². The fourth-order valence-corrected chi connectivity index (χ4v) is 4.02. The van der Waals surface area contributed by atoms with Crippen LogP contribution >= 0.6 is 11.3 Å². The van der Waals surface area contributed by atoms with E-state index < -0.39 is 12.1 Å². The van der Waals surface area contributed by atoms with Gasteiger partial charge in [0.15, 0.2) is 0 Å². The molecular weight excluding hydrogens is 283 g/mol. The summed E-state index contributed by atoms with van der Waals surface area (Å²) in [7, 11) is 0. The van der Waals surface area contributed by atoms with Crippen molar-refractivity contribution in [1.82, 2.24) is 5.32 Å². The highest BCUT2D eigenvalue weighted by molar-refractivity contribution is 7.11. The van der Waals surface area contributed by atoms with Crippen molar-refractivity contribution in [2.45, 2.75) is 64.2 Å². The molecule has 0 aromatic carbocycles. The van der Waals surface area contributed by atoms with E-state index in [1.807, 2.05) is 0 Å². The van der Waals surface area contributed by atoms with Crippen molar-refractivity contribution in [3.8, 4) is 0 Å². The Kier molecular flexibility index (Phi) is 5.13. The van der Waals surface area contributed by atoms with E-state index in [4.69, 9.17) is 0 Å². The van der Waals surface area contributed by atoms with Crippen LogP contribution in [0.4, 0.5) is 13.2 Å². The van der Waals surface area contributed by atoms with Gasteiger partial charge in [0.2, 0.25) is 0 Å². The average Bonchev–Trinajstić information content (AvgIpc) is 2.73. The summed E-state index contributed by atoms with van der Waals surface area (Å²) in [5.74, 6) is -1.12. The molecule has 0 amide bonds. The maximum absolute atomic E-state index is 12.8. The van der Waals surface area contributed by atoms with Crippen LogP contribution < -0.4 is 5.32 Å². The van der Waals surface area contributed by atoms with Crippen LogP contribution in [0.3, 0.4) is 0 Å². The molecule has 1 heterocycles. The van der Waals surface area contributed by atoms with Gasteiger partial charge >= 0.3 is 6.18 Å². The molecule has 0 bridgehead atoms. The SMILES string of the molecule is Cc1ccc(CC(C)NC2CCCC(C(F)(F)F)C2)s1. The first-order valence-corrected chi connectivity index (χ1v) is 8.04. The third-order valence-corrected chi connectivity index (χ3v) is 4.98. The first-order valence-electron chi connectivity index (χ1n) is 7.22. The lowest BCUT2D eigenvalue weighted by Gasteiger charge is -2.32. The highest BCUT2D eigenvalue weighted by atomic mass is 32.1. The number of aryl methyl sites for hydroxylation is 1. The number of nitrogens with one attached hydrogen (secondary N) is 1. The van der Waals surface area contributed by atoms with Crippen molar-refractivity contribution >= 4 is 11.3 Å². The fraction of sp³-hybridized carbons (Fsp3) is 0.733. The Labute approximate surface area is 122 Å². The maximum Gasteiger partial charge on any atom is 0.391 e. The van der Waals surface area contributed by atoms with Gasteiger partial charge in [0.1, 0.15) is 0 Å². The molecule has 1 N–H and O–H groups in total. The van der Waals surface area contributed by atoms with E-state index in [1.165, 1.54) is 9.75 Å². The third kappa shape index (κ3) is 4.48. The topological polar surface area (TPSA) is 12.0 Å². The lowest BCUT2D eigenvalue weighted by molar-refractivity contribution is -0.183. The van der Waals surface area contributed by atoms with E-state index in [0.29, 0.717) is 12.8 Å². The van der Waals surface area contributed by atoms with Gasteiger partial charge in [-0.15, -0.1) is 11.3 Å². The van der Waals surface area contributed by atoms with Crippen molar-refractivity contribution in [2.24, 2.45) is 5.92 Å². The molecule has 1 aliphatic carbocycles. The molecule has 2 rings (SSSR count). The minimum Gasteiger partial charge on any atom is -0.311 e. The number of rotatable bonds is 4. The zero-order valence-electron chi connectivity index (χ0n) is 12.0. The number of alkyl halides is 3. The fourth-order valence-electron chi connectivity index (χ4n) is 3.00. The van der Waals surface area contributed by atoms with E-state index in [2.05, 4.69) is 31.3 Å². The summed E-state index contributed by atoms with van der Waals surface area (Å²) in [6, 6.07) is 4.43. The third-order valence-electron chi connectivity index (χ3n) is 3.96. The molecule has 3 unspecified atom stereocenters. The van der Waals surface area contributed by atoms with Crippen LogP contribution in [0.2, 0.25) is 0 Å². The van der Waals surface area contributed by atoms with E-state index in [1.54, 1.807) is 11.3 Å². The minimum atomic E-state index is -4.03. The molecule has 3 atom stereocenters. The second kappa shape index (κ2) is 6.48. The second-order valence-corrected chi connectivity index (χ2v) is 7.26. The van der Waals surface area contributed by atoms with Crippen LogP contribution in [0.25, 0.3) is 0 Å². The summed E-state index contributed by atoms with van der Waals surface area (Å²) < 4.78 is 38.3. The number of thiophene rings is 1. The average molecular weight is 305 g/mol. The van der Waals surface area contributed by atoms with Gasteiger partial charge in [-0.2, -0.15) is 13.2 Å². The van der Waals surface area contributed by atoms with E-state index in [-0.39, 0.29) is 18.5 Å². The van der Waals surface area contributed by atoms with Gasteiger partial charge in [0, 0.05) is 21.8 Å². The Hall–Kier alpha value is -0.550. The summed E-state index contributed by atoms with van der Waals surface area (Å²) in [4.78, 5) is 2.58. The van der Waals surface area contributed by atoms with Gasteiger partial charge in [-0.05, 0) is 51.7 Å². The zero-order chi connectivity index (χ0) is 14.8. The van der Waals surface area contributed by atoms with Crippen LogP contribution in [0.15, 0.2) is 12.1 Å². The molecular formula is C15H22F3NS. The summed E-state index contributed by atoms with van der Waals surface area (Å²) in [6.07, 6.45) is -1.08. The van der Waals surface area contributed by atoms with E-state index in [0.717, 1.165) is 12.8 Å². The minimum absolute atomic E-state index is 0.00596. The summed E-state index contributed by atoms with van der Waals surface area (Å²) in [5, 5.41) is 3.39. The van der Waals surface area contributed by atoms with Crippen LogP contribution in [-0.4, -0.2) is 18.3 Å². The van der Waals surface area contributed by atoms with Crippen molar-refractivity contribution in [3.63, 3.8) is 0 Å². The van der Waals surface area contributed by atoms with E-state index >= 15 is 0 Å². The highest BCUT2D eigenvalue weighted by Crippen LogP contribution is 2.37. The van der Waals surface area contributed by atoms with Gasteiger partial charge in [-0.25, -0.2) is 0 Å². The molecule has 1 aromatic heterocycles. The summed E-state index contributed by atoms with van der Waals surface area (Å²) in [5.41, 5.74) is 0. The Balaban J connectivity index is 1.83. The van der Waals surface area contributed by atoms with Crippen molar-refractivity contribution in [3.05, 3.63) is 21.9 Å². The maximum atomic E-state index is 12.8. The molecule has 1 fully saturated rings. The summed E-state index contributed by atoms with van der Waals surface area (Å²) >= 11 is 1.76. The monoisotopic (exact) mass is 305 g/mol. The molecule has 1 aromatic rings. The predicted molar refractivity (Wildman–Crippen MR) is 77.2 cm³/mol. The van der Waals surface area contributed by atoms with Crippen LogP contribution in [0.5, 0.6) is 0 Å². The molecule has 0 spiro atoms. The van der Waals surface area contributed by atoms with Crippen LogP contribution in [0, 0.1) is 12.8 Å². The van der Waals surface area contributed by atoms with Gasteiger partial charge < -0.3 is 5.32 Å². The lowest BCUT2D eigenvalue weighted by Crippen LogP contribution is -2.43. The molecule has 0 saturated heterocycles. The van der Waals surface area contributed by atoms with Gasteiger partial charge in [0.05, 0.1) is 5.92 Å². The number of hydrogen-bond acceptors (Lipinski definition) is 2. The first-order chi connectivity index (χ1) is 9.34. The molecule has 114 valence electrons. The predicted octanol–water partition coefficient (Wildman–Crippen LogP) is 4.70. The quantitative estimate of drug-likeness (QED) is 0.850. The molecule has 1 saturated carbocycles. The normalized spacial score (nSPS) is 25.6. The molecule has 20 heavy (non-hydrogen) atoms. The van der Waals surface area contributed by atoms with Gasteiger partial charge in [-0.3, -0.25) is 0 Å². The molecule has 0 aliphatic heterocycles. The Morgan fingerprint density at radius 1 is 1.35 bits per heavy atom. The van der Waals surface area contributed by atoms with E-state index in [9.17, 15) is 13.2 Å². The van der Waals surface area contributed by atoms with Crippen LogP contribution in [0.1, 0.15) is 42.4 Å². The standard InChI is InChI=1S/C15H22F3NS/c1-10(8-14-7-6-11(2)20-14)19-13-5-3-4-12(9-13)15(16,17)18/h6-7,10,12-13,19H,3-5,8-9H2,1-2H3. The zero-order valence-corrected chi connectivity index (χ0v) is 12.8.